The van der Waals surface area contributed by atoms with Crippen LogP contribution in [0.1, 0.15) is 6.92 Å². The number of anilines is 4. The van der Waals surface area contributed by atoms with Crippen LogP contribution in [0.5, 0.6) is 0 Å². The molecule has 10 heteroatoms. The minimum atomic E-state index is -2.41. The molecule has 0 radical (unpaired) electrons. The number of aromatic nitrogens is 2. The maximum absolute atomic E-state index is 13.7. The summed E-state index contributed by atoms with van der Waals surface area (Å²) in [5.41, 5.74) is 6.10. The van der Waals surface area contributed by atoms with Gasteiger partial charge in [0.1, 0.15) is 11.6 Å². The molecule has 1 aliphatic rings. The molecule has 0 bridgehead atoms. The molecule has 1 aromatic carbocycles. The van der Waals surface area contributed by atoms with Gasteiger partial charge in [-0.05, 0) is 19.1 Å². The van der Waals surface area contributed by atoms with Crippen molar-refractivity contribution in [3.05, 3.63) is 30.1 Å². The third kappa shape index (κ3) is 4.83. The van der Waals surface area contributed by atoms with Gasteiger partial charge in [-0.1, -0.05) is 6.07 Å². The largest absolute Gasteiger partial charge is 0.395 e. The lowest BCUT2D eigenvalue weighted by molar-refractivity contribution is 0.0985. The number of rotatable bonds is 4. The summed E-state index contributed by atoms with van der Waals surface area (Å²) < 4.78 is 35.5. The van der Waals surface area contributed by atoms with Crippen molar-refractivity contribution in [2.75, 3.05) is 48.2 Å². The van der Waals surface area contributed by atoms with Crippen LogP contribution in [0.25, 0.3) is 0 Å². The van der Waals surface area contributed by atoms with Crippen LogP contribution in [0.4, 0.5) is 33.3 Å². The van der Waals surface area contributed by atoms with E-state index in [2.05, 4.69) is 24.5 Å². The summed E-state index contributed by atoms with van der Waals surface area (Å²) in [6.45, 7) is 3.85. The molecule has 0 saturated carbocycles. The number of hydrogen-bond acceptors (Lipinski definition) is 8. The molecule has 27 heavy (non-hydrogen) atoms. The van der Waals surface area contributed by atoms with Gasteiger partial charge in [0.25, 0.3) is 0 Å². The fourth-order valence-electron chi connectivity index (χ4n) is 2.73. The molecule has 1 aliphatic heterocycles. The van der Waals surface area contributed by atoms with E-state index in [-0.39, 0.29) is 23.5 Å². The average Bonchev–Trinajstić information content (AvgIpc) is 2.58. The van der Waals surface area contributed by atoms with Crippen LogP contribution in [0.2, 0.25) is 0 Å². The van der Waals surface area contributed by atoms with Crippen LogP contribution in [-0.2, 0) is 14.5 Å². The van der Waals surface area contributed by atoms with Gasteiger partial charge in [-0.2, -0.15) is 14.3 Å². The Bertz CT molecular complexity index is 952. The van der Waals surface area contributed by atoms with Crippen molar-refractivity contribution in [2.24, 2.45) is 4.36 Å². The van der Waals surface area contributed by atoms with Crippen LogP contribution in [-0.4, -0.2) is 52.5 Å². The molecule has 1 fully saturated rings. The Labute approximate surface area is 158 Å². The van der Waals surface area contributed by atoms with Gasteiger partial charge < -0.3 is 20.7 Å². The van der Waals surface area contributed by atoms with Crippen molar-refractivity contribution in [3.8, 4) is 0 Å². The molecule has 146 valence electrons. The third-order valence-electron chi connectivity index (χ3n) is 3.97. The second kappa shape index (κ2) is 7.65. The van der Waals surface area contributed by atoms with Crippen molar-refractivity contribution in [1.82, 2.24) is 9.97 Å². The first-order valence-corrected chi connectivity index (χ1v) is 10.8. The molecule has 3 N–H and O–H groups in total. The molecule has 8 nitrogen and oxygen atoms in total. The second-order valence-corrected chi connectivity index (χ2v) is 9.17. The number of nitrogen functional groups attached to an aromatic ring is 1. The zero-order chi connectivity index (χ0) is 19.6. The van der Waals surface area contributed by atoms with E-state index in [9.17, 15) is 8.60 Å². The normalized spacial score (nSPS) is 17.6. The van der Waals surface area contributed by atoms with Gasteiger partial charge in [-0.25, -0.2) is 8.60 Å². The number of nitrogens with one attached hydrogen (secondary N) is 1. The van der Waals surface area contributed by atoms with E-state index in [0.29, 0.717) is 31.3 Å². The van der Waals surface area contributed by atoms with Crippen molar-refractivity contribution in [1.29, 1.82) is 0 Å². The monoisotopic (exact) mass is 394 g/mol. The van der Waals surface area contributed by atoms with Crippen LogP contribution < -0.4 is 16.0 Å². The molecule has 1 saturated heterocycles. The first-order chi connectivity index (χ1) is 12.7. The number of ether oxygens (including phenoxy) is 1. The fourth-order valence-corrected chi connectivity index (χ4v) is 3.28. The molecule has 2 heterocycles. The number of nitrogens with zero attached hydrogens (tertiary/aromatic N) is 4. The summed E-state index contributed by atoms with van der Waals surface area (Å²) in [5, 5.41) is 2.94. The summed E-state index contributed by atoms with van der Waals surface area (Å²) in [6.07, 6.45) is 3.06. The van der Waals surface area contributed by atoms with Crippen LogP contribution >= 0.6 is 0 Å². The predicted octanol–water partition coefficient (Wildman–Crippen LogP) is 2.53. The summed E-state index contributed by atoms with van der Waals surface area (Å²) in [5.74, 6) is 0.575. The standard InChI is InChI=1S/C17H23FN6O2S/c1-11-10-26-8-7-24(11)15-9-14(23-27(2,3)25)21-17(22-15)20-13-6-4-5-12(18)16(13)19/h4-6,9,11H,7-8,10,19H2,1-3H3,(H,20,21,22)/t11-/m1/s1. The summed E-state index contributed by atoms with van der Waals surface area (Å²) in [4.78, 5) is 10.9. The highest BCUT2D eigenvalue weighted by atomic mass is 32.2. The van der Waals surface area contributed by atoms with E-state index in [1.54, 1.807) is 12.1 Å². The Balaban J connectivity index is 2.04. The number of hydrogen-bond donors (Lipinski definition) is 2. The van der Waals surface area contributed by atoms with Gasteiger partial charge in [-0.15, -0.1) is 0 Å². The predicted molar refractivity (Wildman–Crippen MR) is 106 cm³/mol. The molecular weight excluding hydrogens is 371 g/mol. The van der Waals surface area contributed by atoms with Gasteiger partial charge in [0, 0.05) is 34.9 Å². The maximum Gasteiger partial charge on any atom is 0.231 e. The lowest BCUT2D eigenvalue weighted by atomic mass is 10.2. The molecule has 0 aliphatic carbocycles. The number of nitrogens with two attached hydrogens (primary N) is 1. The van der Waals surface area contributed by atoms with Crippen molar-refractivity contribution >= 4 is 38.7 Å². The SMILES string of the molecule is C[C@@H]1COCCN1c1cc(N=S(C)(C)=O)nc(Nc2cccc(F)c2N)n1. The highest BCUT2D eigenvalue weighted by Gasteiger charge is 2.22. The Morgan fingerprint density at radius 1 is 1.41 bits per heavy atom. The van der Waals surface area contributed by atoms with Crippen LogP contribution in [0.15, 0.2) is 28.6 Å². The second-order valence-electron chi connectivity index (χ2n) is 6.62. The van der Waals surface area contributed by atoms with E-state index in [1.807, 2.05) is 6.92 Å². The van der Waals surface area contributed by atoms with E-state index in [4.69, 9.17) is 10.5 Å². The first-order valence-electron chi connectivity index (χ1n) is 8.44. The molecular formula is C17H23FN6O2S. The number of para-hydroxylation sites is 1. The Morgan fingerprint density at radius 2 is 2.19 bits per heavy atom. The Morgan fingerprint density at radius 3 is 2.89 bits per heavy atom. The first kappa shape index (κ1) is 19.3. The van der Waals surface area contributed by atoms with E-state index >= 15 is 0 Å². The fraction of sp³-hybridized carbons (Fsp3) is 0.412. The van der Waals surface area contributed by atoms with E-state index < -0.39 is 15.5 Å². The van der Waals surface area contributed by atoms with Crippen molar-refractivity contribution in [3.63, 3.8) is 0 Å². The van der Waals surface area contributed by atoms with Gasteiger partial charge in [0.15, 0.2) is 5.82 Å². The zero-order valence-corrected chi connectivity index (χ0v) is 16.3. The summed E-state index contributed by atoms with van der Waals surface area (Å²) >= 11 is 0. The molecule has 0 spiro atoms. The quantitative estimate of drug-likeness (QED) is 0.768. The molecule has 3 rings (SSSR count). The minimum Gasteiger partial charge on any atom is -0.395 e. The Hall–Kier alpha value is -2.46. The lowest BCUT2D eigenvalue weighted by Gasteiger charge is -2.34. The van der Waals surface area contributed by atoms with Gasteiger partial charge in [0.2, 0.25) is 5.95 Å². The van der Waals surface area contributed by atoms with Crippen LogP contribution in [0.3, 0.4) is 0 Å². The maximum atomic E-state index is 13.7. The van der Waals surface area contributed by atoms with Gasteiger partial charge >= 0.3 is 0 Å². The van der Waals surface area contributed by atoms with Gasteiger partial charge in [0.05, 0.1) is 30.6 Å². The smallest absolute Gasteiger partial charge is 0.231 e. The lowest BCUT2D eigenvalue weighted by Crippen LogP contribution is -2.44. The highest BCUT2D eigenvalue weighted by molar-refractivity contribution is 7.92. The number of halogens is 1. The van der Waals surface area contributed by atoms with E-state index in [0.717, 1.165) is 0 Å². The molecule has 0 unspecified atom stereocenters. The molecule has 1 atom stereocenters. The minimum absolute atomic E-state index is 0.0282. The number of morpholine rings is 1. The van der Waals surface area contributed by atoms with Gasteiger partial charge in [-0.3, -0.25) is 0 Å². The average molecular weight is 394 g/mol. The topological polar surface area (TPSA) is 106 Å². The number of benzene rings is 1. The highest BCUT2D eigenvalue weighted by Crippen LogP contribution is 2.28. The molecule has 0 amide bonds. The van der Waals surface area contributed by atoms with Crippen molar-refractivity contribution < 1.29 is 13.3 Å². The summed E-state index contributed by atoms with van der Waals surface area (Å²) in [6, 6.07) is 6.25. The van der Waals surface area contributed by atoms with Crippen molar-refractivity contribution in [2.45, 2.75) is 13.0 Å². The van der Waals surface area contributed by atoms with E-state index in [1.165, 1.54) is 24.6 Å². The summed E-state index contributed by atoms with van der Waals surface area (Å²) in [7, 11) is -2.41. The molecule has 1 aromatic heterocycles. The third-order valence-corrected chi connectivity index (χ3v) is 4.60. The molecule has 2 aromatic rings. The van der Waals surface area contributed by atoms with Crippen LogP contribution in [0, 0.1) is 5.82 Å². The Kier molecular flexibility index (Phi) is 5.47. The zero-order valence-electron chi connectivity index (χ0n) is 15.5.